The van der Waals surface area contributed by atoms with Crippen molar-refractivity contribution in [3.05, 3.63) is 5.53 Å². The second kappa shape index (κ2) is 11.5. The molecular formula is C17H27N3O5. The Bertz CT molecular complexity index is 508. The molecule has 1 aliphatic carbocycles. The van der Waals surface area contributed by atoms with Crippen molar-refractivity contribution in [3.8, 4) is 0 Å². The lowest BCUT2D eigenvalue weighted by Crippen LogP contribution is -2.47. The zero-order valence-corrected chi connectivity index (χ0v) is 14.9. The Morgan fingerprint density at radius 2 is 1.88 bits per heavy atom. The summed E-state index contributed by atoms with van der Waals surface area (Å²) in [4.78, 5) is 38.6. The molecule has 0 aromatic heterocycles. The molecule has 0 aromatic carbocycles. The van der Waals surface area contributed by atoms with Crippen molar-refractivity contribution in [2.75, 3.05) is 7.11 Å². The summed E-state index contributed by atoms with van der Waals surface area (Å²) in [7, 11) is 1.39. The summed E-state index contributed by atoms with van der Waals surface area (Å²) in [5.74, 6) is -1.44. The zero-order valence-electron chi connectivity index (χ0n) is 14.9. The Morgan fingerprint density at radius 3 is 2.44 bits per heavy atom. The van der Waals surface area contributed by atoms with Gasteiger partial charge < -0.3 is 20.3 Å². The van der Waals surface area contributed by atoms with E-state index < -0.39 is 29.8 Å². The van der Waals surface area contributed by atoms with E-state index in [1.54, 1.807) is 6.92 Å². The number of carbonyl (C=O) groups excluding carboxylic acids is 3. The first kappa shape index (κ1) is 21.0. The largest absolute Gasteiger partial charge is 0.461 e. The first-order valence-corrected chi connectivity index (χ1v) is 8.71. The number of hydrogen-bond acceptors (Lipinski definition) is 5. The number of ether oxygens (including phenoxy) is 2. The van der Waals surface area contributed by atoms with Crippen molar-refractivity contribution >= 4 is 23.9 Å². The Kier molecular flexibility index (Phi) is 9.65. The van der Waals surface area contributed by atoms with E-state index >= 15 is 0 Å². The van der Waals surface area contributed by atoms with Gasteiger partial charge >= 0.3 is 12.2 Å². The van der Waals surface area contributed by atoms with Gasteiger partial charge in [-0.15, -0.1) is 0 Å². The Hall–Kier alpha value is -2.05. The third kappa shape index (κ3) is 8.05. The third-order valence-electron chi connectivity index (χ3n) is 4.29. The molecule has 0 aliphatic heterocycles. The van der Waals surface area contributed by atoms with Crippen molar-refractivity contribution < 1.29 is 28.6 Å². The second-order valence-corrected chi connectivity index (χ2v) is 6.24. The molecule has 0 radical (unpaired) electrons. The average Bonchev–Trinajstić information content (AvgIpc) is 2.86. The standard InChI is InChI=1S/C17H27N3O5/c1-12(24-2)16(22)20-15(10-9-13(21)11-19-18)17(23)25-14-7-5-3-4-6-8-14/h11-12,14-15H,3-10H2,1-2H3,(H,20,22)/t12-,15-/m0/s1. The number of nitrogens with zero attached hydrogens (tertiary/aromatic N) is 2. The van der Waals surface area contributed by atoms with Crippen LogP contribution in [-0.4, -0.2) is 54.0 Å². The van der Waals surface area contributed by atoms with Crippen LogP contribution in [0.4, 0.5) is 0 Å². The van der Waals surface area contributed by atoms with E-state index in [4.69, 9.17) is 15.0 Å². The first-order chi connectivity index (χ1) is 12.0. The van der Waals surface area contributed by atoms with Crippen LogP contribution in [0.25, 0.3) is 5.53 Å². The zero-order chi connectivity index (χ0) is 18.7. The lowest BCUT2D eigenvalue weighted by atomic mass is 10.1. The van der Waals surface area contributed by atoms with Gasteiger partial charge in [-0.25, -0.2) is 4.79 Å². The summed E-state index contributed by atoms with van der Waals surface area (Å²) in [6, 6.07) is -0.940. The predicted octanol–water partition coefficient (Wildman–Crippen LogP) is 1.42. The average molecular weight is 353 g/mol. The highest BCUT2D eigenvalue weighted by molar-refractivity contribution is 6.25. The van der Waals surface area contributed by atoms with E-state index in [1.807, 2.05) is 0 Å². The molecule has 8 nitrogen and oxygen atoms in total. The number of amides is 1. The summed E-state index contributed by atoms with van der Waals surface area (Å²) in [6.45, 7) is 1.56. The maximum Gasteiger partial charge on any atom is 0.328 e. The monoisotopic (exact) mass is 353 g/mol. The molecule has 0 heterocycles. The van der Waals surface area contributed by atoms with Gasteiger partial charge in [0.1, 0.15) is 18.2 Å². The lowest BCUT2D eigenvalue weighted by Gasteiger charge is -2.22. The maximum absolute atomic E-state index is 12.5. The van der Waals surface area contributed by atoms with Crippen LogP contribution in [0.5, 0.6) is 0 Å². The molecule has 0 bridgehead atoms. The molecule has 2 atom stereocenters. The van der Waals surface area contributed by atoms with E-state index in [0.717, 1.165) is 44.7 Å². The van der Waals surface area contributed by atoms with Gasteiger partial charge in [-0.3, -0.25) is 9.59 Å². The summed E-state index contributed by atoms with van der Waals surface area (Å²) >= 11 is 0. The molecule has 140 valence electrons. The van der Waals surface area contributed by atoms with Gasteiger partial charge in [0.25, 0.3) is 0 Å². The molecule has 1 amide bonds. The minimum Gasteiger partial charge on any atom is -0.461 e. The van der Waals surface area contributed by atoms with Crippen LogP contribution in [0, 0.1) is 0 Å². The van der Waals surface area contributed by atoms with Crippen LogP contribution in [0.3, 0.4) is 0 Å². The lowest BCUT2D eigenvalue weighted by molar-refractivity contribution is -0.154. The SMILES string of the molecule is CO[C@@H](C)C(=O)N[C@@H](CCC(=O)C=[N+]=[N-])C(=O)OC1CCCCCC1. The molecule has 0 aromatic rings. The highest BCUT2D eigenvalue weighted by atomic mass is 16.5. The van der Waals surface area contributed by atoms with Gasteiger partial charge in [0.05, 0.1) is 0 Å². The van der Waals surface area contributed by atoms with E-state index in [0.29, 0.717) is 0 Å². The normalized spacial score (nSPS) is 17.5. The molecular weight excluding hydrogens is 326 g/mol. The summed E-state index contributed by atoms with van der Waals surface area (Å²) < 4.78 is 10.5. The summed E-state index contributed by atoms with van der Waals surface area (Å²) in [6.07, 6.45) is 5.85. The van der Waals surface area contributed by atoms with Crippen molar-refractivity contribution in [2.24, 2.45) is 0 Å². The second-order valence-electron chi connectivity index (χ2n) is 6.24. The molecule has 25 heavy (non-hydrogen) atoms. The van der Waals surface area contributed by atoms with Crippen LogP contribution < -0.4 is 5.32 Å². The number of rotatable bonds is 9. The fourth-order valence-corrected chi connectivity index (χ4v) is 2.67. The third-order valence-corrected chi connectivity index (χ3v) is 4.29. The van der Waals surface area contributed by atoms with Crippen LogP contribution in [0.2, 0.25) is 0 Å². The van der Waals surface area contributed by atoms with Crippen LogP contribution >= 0.6 is 0 Å². The molecule has 0 unspecified atom stereocenters. The van der Waals surface area contributed by atoms with Gasteiger partial charge in [-0.1, -0.05) is 12.8 Å². The topological polar surface area (TPSA) is 118 Å². The van der Waals surface area contributed by atoms with Crippen LogP contribution in [0.15, 0.2) is 0 Å². The first-order valence-electron chi connectivity index (χ1n) is 8.71. The molecule has 1 N–H and O–H groups in total. The van der Waals surface area contributed by atoms with Crippen LogP contribution in [-0.2, 0) is 23.9 Å². The van der Waals surface area contributed by atoms with Crippen molar-refractivity contribution in [3.63, 3.8) is 0 Å². The fraction of sp³-hybridized carbons (Fsp3) is 0.765. The van der Waals surface area contributed by atoms with E-state index in [2.05, 4.69) is 10.1 Å². The van der Waals surface area contributed by atoms with Gasteiger partial charge in [-0.2, -0.15) is 4.79 Å². The van der Waals surface area contributed by atoms with Crippen LogP contribution in [0.1, 0.15) is 58.3 Å². The summed E-state index contributed by atoms with van der Waals surface area (Å²) in [5.41, 5.74) is 8.37. The van der Waals surface area contributed by atoms with E-state index in [-0.39, 0.29) is 18.9 Å². The molecule has 0 spiro atoms. The number of methoxy groups -OCH3 is 1. The number of hydrogen-bond donors (Lipinski definition) is 1. The predicted molar refractivity (Wildman–Crippen MR) is 89.9 cm³/mol. The van der Waals surface area contributed by atoms with Gasteiger partial charge in [0, 0.05) is 13.5 Å². The number of carbonyl (C=O) groups is 3. The molecule has 0 saturated heterocycles. The molecule has 1 fully saturated rings. The van der Waals surface area contributed by atoms with Crippen molar-refractivity contribution in [1.29, 1.82) is 0 Å². The highest BCUT2D eigenvalue weighted by Crippen LogP contribution is 2.20. The van der Waals surface area contributed by atoms with Crippen molar-refractivity contribution in [2.45, 2.75) is 76.5 Å². The van der Waals surface area contributed by atoms with E-state index in [9.17, 15) is 14.4 Å². The number of Topliss-reactive ketones (excluding diaryl/α,β-unsaturated/α-hetero) is 1. The number of nitrogens with one attached hydrogen (secondary N) is 1. The molecule has 1 saturated carbocycles. The molecule has 1 aliphatic rings. The maximum atomic E-state index is 12.5. The highest BCUT2D eigenvalue weighted by Gasteiger charge is 2.28. The van der Waals surface area contributed by atoms with Crippen molar-refractivity contribution in [1.82, 2.24) is 5.32 Å². The minimum atomic E-state index is -0.940. The molecule has 1 rings (SSSR count). The fourth-order valence-electron chi connectivity index (χ4n) is 2.67. The van der Waals surface area contributed by atoms with Gasteiger partial charge in [-0.05, 0) is 39.0 Å². The summed E-state index contributed by atoms with van der Waals surface area (Å²) in [5, 5.41) is 2.57. The van der Waals surface area contributed by atoms with E-state index in [1.165, 1.54) is 7.11 Å². The number of esters is 1. The quantitative estimate of drug-likeness (QED) is 0.221. The van der Waals surface area contributed by atoms with Gasteiger partial charge in [0.15, 0.2) is 0 Å². The van der Waals surface area contributed by atoms with Gasteiger partial charge in [0.2, 0.25) is 11.7 Å². The smallest absolute Gasteiger partial charge is 0.328 e. The Balaban J connectivity index is 2.69. The Morgan fingerprint density at radius 1 is 1.24 bits per heavy atom. The number of ketones is 1. The molecule has 8 heteroatoms. The minimum absolute atomic E-state index is 0.0455. The Labute approximate surface area is 147 Å².